The van der Waals surface area contributed by atoms with Gasteiger partial charge in [0.2, 0.25) is 0 Å². The van der Waals surface area contributed by atoms with Crippen molar-refractivity contribution >= 4 is 33.2 Å². The average molecular weight is 344 g/mol. The summed E-state index contributed by atoms with van der Waals surface area (Å²) in [6.07, 6.45) is 0. The van der Waals surface area contributed by atoms with Crippen LogP contribution in [0.1, 0.15) is 17.3 Å². The van der Waals surface area contributed by atoms with Crippen molar-refractivity contribution in [2.75, 3.05) is 6.61 Å². The van der Waals surface area contributed by atoms with Gasteiger partial charge in [-0.2, -0.15) is 0 Å². The molecule has 7 nitrogen and oxygen atoms in total. The van der Waals surface area contributed by atoms with Crippen molar-refractivity contribution in [3.63, 3.8) is 0 Å². The van der Waals surface area contributed by atoms with Crippen LogP contribution in [0.15, 0.2) is 42.5 Å². The number of hydrogen-bond donors (Lipinski definition) is 0. The lowest BCUT2D eigenvalue weighted by Crippen LogP contribution is -2.03. The maximum atomic E-state index is 11.6. The molecule has 0 bridgehead atoms. The Balaban J connectivity index is 1.79. The lowest BCUT2D eigenvalue weighted by Gasteiger charge is -2.03. The molecule has 0 saturated heterocycles. The van der Waals surface area contributed by atoms with Crippen LogP contribution in [-0.2, 0) is 4.74 Å². The third kappa shape index (κ3) is 3.33. The molecule has 8 heteroatoms. The molecule has 0 radical (unpaired) electrons. The Morgan fingerprint density at radius 2 is 2.00 bits per heavy atom. The highest BCUT2D eigenvalue weighted by Gasteiger charge is 2.12. The molecule has 0 unspecified atom stereocenters. The predicted molar refractivity (Wildman–Crippen MR) is 88.7 cm³/mol. The van der Waals surface area contributed by atoms with Crippen LogP contribution in [0, 0.1) is 10.1 Å². The van der Waals surface area contributed by atoms with Crippen LogP contribution in [0.25, 0.3) is 10.2 Å². The number of fused-ring (bicyclic) bond motifs is 1. The van der Waals surface area contributed by atoms with E-state index in [4.69, 9.17) is 9.47 Å². The van der Waals surface area contributed by atoms with Gasteiger partial charge in [0.1, 0.15) is 5.75 Å². The minimum atomic E-state index is -0.451. The van der Waals surface area contributed by atoms with Gasteiger partial charge in [0.25, 0.3) is 10.9 Å². The molecular weight excluding hydrogens is 332 g/mol. The van der Waals surface area contributed by atoms with Gasteiger partial charge in [0, 0.05) is 12.1 Å². The Kier molecular flexibility index (Phi) is 4.39. The van der Waals surface area contributed by atoms with E-state index in [-0.39, 0.29) is 5.69 Å². The molecule has 122 valence electrons. The van der Waals surface area contributed by atoms with Crippen LogP contribution in [0.3, 0.4) is 0 Å². The molecule has 0 aliphatic heterocycles. The first-order valence-corrected chi connectivity index (χ1v) is 7.88. The Bertz CT molecular complexity index is 904. The summed E-state index contributed by atoms with van der Waals surface area (Å²) < 4.78 is 11.2. The molecule has 3 aromatic rings. The summed E-state index contributed by atoms with van der Waals surface area (Å²) >= 11 is 1.21. The number of benzene rings is 2. The quantitative estimate of drug-likeness (QED) is 0.392. The number of hydrogen-bond acceptors (Lipinski definition) is 7. The summed E-state index contributed by atoms with van der Waals surface area (Å²) in [5.41, 5.74) is 1.07. The second-order valence-corrected chi connectivity index (χ2v) is 5.73. The minimum Gasteiger partial charge on any atom is -0.462 e. The number of carbonyl (C=O) groups excluding carboxylic acids is 1. The standard InChI is InChI=1S/C16H12N2O5S/c1-2-22-15(19)10-3-6-12(7-4-10)23-16-17-13-8-5-11(18(20)21)9-14(13)24-16/h3-9H,2H2,1H3. The fraction of sp³-hybridized carbons (Fsp3) is 0.125. The molecule has 0 aliphatic rings. The number of nitrogens with zero attached hydrogens (tertiary/aromatic N) is 2. The Labute approximate surface area is 140 Å². The van der Waals surface area contributed by atoms with Crippen LogP contribution in [-0.4, -0.2) is 22.5 Å². The molecule has 3 rings (SSSR count). The van der Waals surface area contributed by atoms with Crippen LogP contribution in [0.2, 0.25) is 0 Å². The molecule has 2 aromatic carbocycles. The first-order chi connectivity index (χ1) is 11.6. The molecule has 0 atom stereocenters. The number of non-ortho nitro benzene ring substituents is 1. The summed E-state index contributed by atoms with van der Waals surface area (Å²) in [6, 6.07) is 10.9. The van der Waals surface area contributed by atoms with Gasteiger partial charge in [-0.1, -0.05) is 11.3 Å². The van der Waals surface area contributed by atoms with Crippen molar-refractivity contribution in [2.45, 2.75) is 6.92 Å². The minimum absolute atomic E-state index is 0.0106. The highest BCUT2D eigenvalue weighted by Crippen LogP contribution is 2.33. The van der Waals surface area contributed by atoms with E-state index in [1.807, 2.05) is 0 Å². The number of ether oxygens (including phenoxy) is 2. The van der Waals surface area contributed by atoms with Crippen molar-refractivity contribution in [3.05, 3.63) is 58.1 Å². The summed E-state index contributed by atoms with van der Waals surface area (Å²) in [6.45, 7) is 2.06. The van der Waals surface area contributed by atoms with Gasteiger partial charge >= 0.3 is 5.97 Å². The van der Waals surface area contributed by atoms with Crippen molar-refractivity contribution in [1.29, 1.82) is 0 Å². The van der Waals surface area contributed by atoms with E-state index in [0.29, 0.717) is 33.3 Å². The predicted octanol–water partition coefficient (Wildman–Crippen LogP) is 4.17. The van der Waals surface area contributed by atoms with E-state index in [9.17, 15) is 14.9 Å². The molecule has 0 amide bonds. The van der Waals surface area contributed by atoms with E-state index >= 15 is 0 Å². The van der Waals surface area contributed by atoms with Crippen molar-refractivity contribution in [2.24, 2.45) is 0 Å². The van der Waals surface area contributed by atoms with Crippen molar-refractivity contribution < 1.29 is 19.2 Å². The third-order valence-electron chi connectivity index (χ3n) is 3.13. The first-order valence-electron chi connectivity index (χ1n) is 7.07. The number of carbonyl (C=O) groups is 1. The van der Waals surface area contributed by atoms with Gasteiger partial charge in [0.05, 0.1) is 27.3 Å². The van der Waals surface area contributed by atoms with Crippen LogP contribution in [0.5, 0.6) is 10.9 Å². The molecule has 1 aromatic heterocycles. The van der Waals surface area contributed by atoms with Crippen molar-refractivity contribution in [3.8, 4) is 10.9 Å². The summed E-state index contributed by atoms with van der Waals surface area (Å²) in [5.74, 6) is 0.118. The maximum Gasteiger partial charge on any atom is 0.338 e. The summed E-state index contributed by atoms with van der Waals surface area (Å²) in [5, 5.41) is 11.2. The van der Waals surface area contributed by atoms with Gasteiger partial charge in [0.15, 0.2) is 0 Å². The summed E-state index contributed by atoms with van der Waals surface area (Å²) in [7, 11) is 0. The molecular formula is C16H12N2O5S. The smallest absolute Gasteiger partial charge is 0.338 e. The second kappa shape index (κ2) is 6.63. The van der Waals surface area contributed by atoms with E-state index < -0.39 is 10.9 Å². The SMILES string of the molecule is CCOC(=O)c1ccc(Oc2nc3ccc([N+](=O)[O-])cc3s2)cc1. The number of nitro groups is 1. The normalized spacial score (nSPS) is 10.5. The van der Waals surface area contributed by atoms with Gasteiger partial charge in [-0.25, -0.2) is 9.78 Å². The monoisotopic (exact) mass is 344 g/mol. The number of nitro benzene ring substituents is 1. The van der Waals surface area contributed by atoms with E-state index in [0.717, 1.165) is 0 Å². The number of thiazole rings is 1. The van der Waals surface area contributed by atoms with Gasteiger partial charge < -0.3 is 9.47 Å². The Morgan fingerprint density at radius 3 is 2.67 bits per heavy atom. The molecule has 0 N–H and O–H groups in total. The number of aromatic nitrogens is 1. The fourth-order valence-electron chi connectivity index (χ4n) is 2.02. The van der Waals surface area contributed by atoms with Gasteiger partial charge in [-0.05, 0) is 37.3 Å². The molecule has 0 saturated carbocycles. The van der Waals surface area contributed by atoms with Gasteiger partial charge in [-0.3, -0.25) is 10.1 Å². The lowest BCUT2D eigenvalue weighted by molar-refractivity contribution is -0.384. The maximum absolute atomic E-state index is 11.6. The average Bonchev–Trinajstić information content (AvgIpc) is 2.97. The molecule has 1 heterocycles. The number of esters is 1. The van der Waals surface area contributed by atoms with Crippen molar-refractivity contribution in [1.82, 2.24) is 4.98 Å². The molecule has 24 heavy (non-hydrogen) atoms. The zero-order chi connectivity index (χ0) is 17.1. The van der Waals surface area contributed by atoms with E-state index in [2.05, 4.69) is 4.98 Å². The molecule has 0 aliphatic carbocycles. The summed E-state index contributed by atoms with van der Waals surface area (Å²) in [4.78, 5) is 26.2. The Morgan fingerprint density at radius 1 is 1.25 bits per heavy atom. The molecule has 0 fully saturated rings. The number of rotatable bonds is 5. The third-order valence-corrected chi connectivity index (χ3v) is 4.03. The zero-order valence-corrected chi connectivity index (χ0v) is 13.4. The van der Waals surface area contributed by atoms with E-state index in [1.165, 1.54) is 23.5 Å². The highest BCUT2D eigenvalue weighted by molar-refractivity contribution is 7.20. The van der Waals surface area contributed by atoms with E-state index in [1.54, 1.807) is 37.3 Å². The topological polar surface area (TPSA) is 91.6 Å². The molecule has 0 spiro atoms. The first kappa shape index (κ1) is 15.9. The van der Waals surface area contributed by atoms with Gasteiger partial charge in [-0.15, -0.1) is 0 Å². The van der Waals surface area contributed by atoms with Crippen LogP contribution < -0.4 is 4.74 Å². The van der Waals surface area contributed by atoms with Crippen LogP contribution in [0.4, 0.5) is 5.69 Å². The fourth-order valence-corrected chi connectivity index (χ4v) is 2.89. The zero-order valence-electron chi connectivity index (χ0n) is 12.6. The largest absolute Gasteiger partial charge is 0.462 e. The highest BCUT2D eigenvalue weighted by atomic mass is 32.1. The lowest BCUT2D eigenvalue weighted by atomic mass is 10.2. The second-order valence-electron chi connectivity index (χ2n) is 4.74. The Hall–Kier alpha value is -3.00. The van der Waals surface area contributed by atoms with Crippen LogP contribution >= 0.6 is 11.3 Å².